The van der Waals surface area contributed by atoms with Crippen molar-refractivity contribution < 1.29 is 14.6 Å². The predicted molar refractivity (Wildman–Crippen MR) is 106 cm³/mol. The largest absolute Gasteiger partial charge is 0.467 e. The number of thiazole rings is 1. The van der Waals surface area contributed by atoms with E-state index in [0.29, 0.717) is 23.2 Å². The Morgan fingerprint density at radius 1 is 1.42 bits per heavy atom. The molecular weight excluding hydrogens is 350 g/mol. The molecule has 1 atom stereocenters. The monoisotopic (exact) mass is 383 g/mol. The van der Waals surface area contributed by atoms with Gasteiger partial charge in [0.05, 0.1) is 6.20 Å². The number of nitrogens with one attached hydrogen (secondary N) is 2. The highest BCUT2D eigenvalue weighted by atomic mass is 32.1. The van der Waals surface area contributed by atoms with Gasteiger partial charge in [-0.2, -0.15) is 0 Å². The van der Waals surface area contributed by atoms with Crippen molar-refractivity contribution in [3.8, 4) is 5.19 Å². The van der Waals surface area contributed by atoms with Crippen LogP contribution < -0.4 is 15.4 Å². The topological polar surface area (TPSA) is 83.5 Å². The Kier molecular flexibility index (Phi) is 8.31. The summed E-state index contributed by atoms with van der Waals surface area (Å²) in [5.41, 5.74) is -0.0443. The van der Waals surface area contributed by atoms with Crippen molar-refractivity contribution in [2.45, 2.75) is 77.4 Å². The lowest BCUT2D eigenvalue weighted by Gasteiger charge is -2.22. The fourth-order valence-corrected chi connectivity index (χ4v) is 3.77. The van der Waals surface area contributed by atoms with Gasteiger partial charge in [0.25, 0.3) is 5.19 Å². The predicted octanol–water partition coefficient (Wildman–Crippen LogP) is 3.57. The number of hydrogen-bond acceptors (Lipinski definition) is 6. The van der Waals surface area contributed by atoms with E-state index in [1.807, 2.05) is 20.8 Å². The molecule has 1 amide bonds. The maximum Gasteiger partial charge on any atom is 0.275 e. The number of amides is 1. The van der Waals surface area contributed by atoms with Gasteiger partial charge in [-0.05, 0) is 39.5 Å². The number of hydrogen-bond donors (Lipinski definition) is 3. The lowest BCUT2D eigenvalue weighted by molar-refractivity contribution is -0.116. The highest BCUT2D eigenvalue weighted by molar-refractivity contribution is 7.17. The van der Waals surface area contributed by atoms with E-state index in [1.165, 1.54) is 37.0 Å². The summed E-state index contributed by atoms with van der Waals surface area (Å²) < 4.78 is 5.51. The molecule has 7 heteroatoms. The number of aromatic nitrogens is 1. The standard InChI is InChI=1S/C19H33N3O3S/c1-19(2,3)21-11-15(23)13-25-18-20-12-17(26-18)22-16(24)10-6-9-14-7-4-5-8-14/h12,14-15,21,23H,4-11,13H2,1-3H3,(H,22,24). The number of ether oxygens (including phenoxy) is 1. The van der Waals surface area contributed by atoms with E-state index in [1.54, 1.807) is 6.20 Å². The fourth-order valence-electron chi connectivity index (χ4n) is 3.08. The lowest BCUT2D eigenvalue weighted by Crippen LogP contribution is -2.42. The molecule has 0 saturated heterocycles. The third-order valence-electron chi connectivity index (χ3n) is 4.51. The first-order valence-corrected chi connectivity index (χ1v) is 10.4. The summed E-state index contributed by atoms with van der Waals surface area (Å²) in [4.78, 5) is 16.2. The van der Waals surface area contributed by atoms with Crippen LogP contribution in [0, 0.1) is 5.92 Å². The van der Waals surface area contributed by atoms with Gasteiger partial charge in [-0.15, -0.1) is 0 Å². The zero-order chi connectivity index (χ0) is 19.0. The summed E-state index contributed by atoms with van der Waals surface area (Å²) in [7, 11) is 0. The normalized spacial score (nSPS) is 16.6. The Morgan fingerprint density at radius 2 is 2.15 bits per heavy atom. The van der Waals surface area contributed by atoms with Gasteiger partial charge in [0.15, 0.2) is 0 Å². The molecule has 1 saturated carbocycles. The maximum atomic E-state index is 12.0. The Labute approximate surface area is 160 Å². The smallest absolute Gasteiger partial charge is 0.275 e. The summed E-state index contributed by atoms with van der Waals surface area (Å²) in [5, 5.41) is 17.2. The molecule has 148 valence electrons. The molecule has 2 rings (SSSR count). The number of carbonyl (C=O) groups is 1. The highest BCUT2D eigenvalue weighted by Crippen LogP contribution is 2.29. The minimum Gasteiger partial charge on any atom is -0.467 e. The molecule has 0 aromatic carbocycles. The van der Waals surface area contributed by atoms with Crippen molar-refractivity contribution in [1.29, 1.82) is 0 Å². The Morgan fingerprint density at radius 3 is 2.85 bits per heavy atom. The molecule has 0 spiro atoms. The van der Waals surface area contributed by atoms with Gasteiger partial charge < -0.3 is 20.5 Å². The number of nitrogens with zero attached hydrogens (tertiary/aromatic N) is 1. The molecule has 1 aromatic heterocycles. The molecule has 0 bridgehead atoms. The van der Waals surface area contributed by atoms with Crippen LogP contribution in [0.2, 0.25) is 0 Å². The molecule has 1 heterocycles. The molecule has 3 N–H and O–H groups in total. The summed E-state index contributed by atoms with van der Waals surface area (Å²) >= 11 is 1.29. The van der Waals surface area contributed by atoms with Gasteiger partial charge in [-0.1, -0.05) is 37.0 Å². The van der Waals surface area contributed by atoms with Crippen LogP contribution in [-0.2, 0) is 4.79 Å². The van der Waals surface area contributed by atoms with Crippen molar-refractivity contribution >= 4 is 22.2 Å². The molecule has 1 aliphatic rings. The third-order valence-corrected chi connectivity index (χ3v) is 5.33. The van der Waals surface area contributed by atoms with Crippen molar-refractivity contribution in [2.75, 3.05) is 18.5 Å². The maximum absolute atomic E-state index is 12.0. The molecule has 0 aliphatic heterocycles. The first kappa shape index (κ1) is 21.1. The zero-order valence-electron chi connectivity index (χ0n) is 16.2. The van der Waals surface area contributed by atoms with Gasteiger partial charge in [0, 0.05) is 18.5 Å². The van der Waals surface area contributed by atoms with E-state index < -0.39 is 6.10 Å². The number of anilines is 1. The van der Waals surface area contributed by atoms with E-state index in [4.69, 9.17) is 4.74 Å². The summed E-state index contributed by atoms with van der Waals surface area (Å²) in [6.45, 7) is 6.77. The van der Waals surface area contributed by atoms with Crippen molar-refractivity contribution in [3.63, 3.8) is 0 Å². The fraction of sp³-hybridized carbons (Fsp3) is 0.789. The number of aliphatic hydroxyl groups is 1. The Balaban J connectivity index is 1.62. The highest BCUT2D eigenvalue weighted by Gasteiger charge is 2.16. The summed E-state index contributed by atoms with van der Waals surface area (Å²) in [6.07, 6.45) is 9.02. The van der Waals surface area contributed by atoms with Gasteiger partial charge >= 0.3 is 0 Å². The van der Waals surface area contributed by atoms with Gasteiger partial charge in [0.2, 0.25) is 5.91 Å². The first-order valence-electron chi connectivity index (χ1n) is 9.63. The van der Waals surface area contributed by atoms with Crippen LogP contribution in [0.25, 0.3) is 0 Å². The van der Waals surface area contributed by atoms with Crippen LogP contribution in [0.15, 0.2) is 6.20 Å². The van der Waals surface area contributed by atoms with E-state index in [0.717, 1.165) is 18.8 Å². The van der Waals surface area contributed by atoms with Crippen molar-refractivity contribution in [2.24, 2.45) is 5.92 Å². The minimum atomic E-state index is -0.605. The van der Waals surface area contributed by atoms with Crippen molar-refractivity contribution in [1.82, 2.24) is 10.3 Å². The molecule has 6 nitrogen and oxygen atoms in total. The van der Waals surface area contributed by atoms with Gasteiger partial charge in [0.1, 0.15) is 17.7 Å². The molecule has 0 radical (unpaired) electrons. The van der Waals surface area contributed by atoms with Crippen LogP contribution in [-0.4, -0.2) is 40.8 Å². The van der Waals surface area contributed by atoms with E-state index in [2.05, 4.69) is 15.6 Å². The summed E-state index contributed by atoms with van der Waals surface area (Å²) in [5.74, 6) is 0.859. The quantitative estimate of drug-likeness (QED) is 0.575. The number of carbonyl (C=O) groups excluding carboxylic acids is 1. The van der Waals surface area contributed by atoms with Crippen LogP contribution in [0.5, 0.6) is 5.19 Å². The van der Waals surface area contributed by atoms with Crippen molar-refractivity contribution in [3.05, 3.63) is 6.20 Å². The SMILES string of the molecule is CC(C)(C)NCC(O)COc1ncc(NC(=O)CCCC2CCCC2)s1. The molecule has 1 aliphatic carbocycles. The Bertz CT molecular complexity index is 550. The molecular formula is C19H33N3O3S. The number of β-amino-alcohol motifs (C(OH)–C–C–N with tert-alkyl or cyclic N) is 1. The lowest BCUT2D eigenvalue weighted by atomic mass is 10.0. The average Bonchev–Trinajstić information content (AvgIpc) is 3.22. The number of rotatable bonds is 10. The first-order chi connectivity index (χ1) is 12.3. The molecule has 1 unspecified atom stereocenters. The second-order valence-electron chi connectivity index (χ2n) is 8.18. The van der Waals surface area contributed by atoms with E-state index >= 15 is 0 Å². The molecule has 26 heavy (non-hydrogen) atoms. The zero-order valence-corrected chi connectivity index (χ0v) is 17.0. The Hall–Kier alpha value is -1.18. The molecule has 1 fully saturated rings. The summed E-state index contributed by atoms with van der Waals surface area (Å²) in [6, 6.07) is 0. The second kappa shape index (κ2) is 10.2. The van der Waals surface area contributed by atoms with E-state index in [9.17, 15) is 9.90 Å². The van der Waals surface area contributed by atoms with Crippen LogP contribution in [0.4, 0.5) is 5.00 Å². The van der Waals surface area contributed by atoms with Crippen LogP contribution in [0.3, 0.4) is 0 Å². The minimum absolute atomic E-state index is 0.0348. The van der Waals surface area contributed by atoms with Crippen LogP contribution in [0.1, 0.15) is 65.7 Å². The van der Waals surface area contributed by atoms with Crippen LogP contribution >= 0.6 is 11.3 Å². The van der Waals surface area contributed by atoms with Gasteiger partial charge in [-0.3, -0.25) is 4.79 Å². The van der Waals surface area contributed by atoms with E-state index in [-0.39, 0.29) is 18.1 Å². The molecule has 1 aromatic rings. The third kappa shape index (κ3) is 8.47. The number of aliphatic hydroxyl groups excluding tert-OH is 1. The van der Waals surface area contributed by atoms with Gasteiger partial charge in [-0.25, -0.2) is 4.98 Å². The second-order valence-corrected chi connectivity index (χ2v) is 9.17. The average molecular weight is 384 g/mol.